The van der Waals surface area contributed by atoms with E-state index in [-0.39, 0.29) is 12.4 Å². The number of nitriles is 1. The van der Waals surface area contributed by atoms with Crippen LogP contribution in [0.2, 0.25) is 0 Å². The highest BCUT2D eigenvalue weighted by molar-refractivity contribution is 5.69. The zero-order chi connectivity index (χ0) is 19.0. The monoisotopic (exact) mass is 362 g/mol. The van der Waals surface area contributed by atoms with E-state index in [9.17, 15) is 10.1 Å². The Hall–Kier alpha value is -2.30. The maximum absolute atomic E-state index is 11.7. The molecule has 0 spiro atoms. The van der Waals surface area contributed by atoms with Crippen LogP contribution in [0.5, 0.6) is 11.5 Å². The summed E-state index contributed by atoms with van der Waals surface area (Å²) >= 11 is 0. The van der Waals surface area contributed by atoms with Gasteiger partial charge in [-0.2, -0.15) is 5.26 Å². The van der Waals surface area contributed by atoms with Crippen molar-refractivity contribution in [3.8, 4) is 17.6 Å². The molecule has 0 amide bonds. The third-order valence-corrected chi connectivity index (χ3v) is 4.60. The van der Waals surface area contributed by atoms with Gasteiger partial charge in [-0.05, 0) is 31.0 Å². The second-order valence-corrected chi connectivity index (χ2v) is 5.95. The number of nitrogens with zero attached hydrogens (tertiary/aromatic N) is 2. The molecule has 26 heavy (non-hydrogen) atoms. The minimum absolute atomic E-state index is 0.150. The van der Waals surface area contributed by atoms with Crippen LogP contribution in [-0.2, 0) is 19.8 Å². The third-order valence-electron chi connectivity index (χ3n) is 4.60. The number of ether oxygens (including phenoxy) is 4. The van der Waals surface area contributed by atoms with E-state index in [1.807, 2.05) is 19.1 Å². The van der Waals surface area contributed by atoms with Gasteiger partial charge in [0.05, 0.1) is 40.1 Å². The van der Waals surface area contributed by atoms with Crippen LogP contribution in [0.25, 0.3) is 0 Å². The molecular formula is C19H26N2O5. The number of methoxy groups -OCH3 is 2. The molecule has 2 rings (SSSR count). The molecule has 1 aromatic carbocycles. The molecule has 7 heteroatoms. The molecule has 0 radical (unpaired) electrons. The van der Waals surface area contributed by atoms with Crippen molar-refractivity contribution >= 4 is 5.97 Å². The maximum atomic E-state index is 11.7. The largest absolute Gasteiger partial charge is 0.493 e. The SMILES string of the molecule is CCOc1cc(C(C#N)(CCC(=O)OC)N2CCOCC2)ccc1OC. The molecule has 1 saturated heterocycles. The van der Waals surface area contributed by atoms with E-state index in [2.05, 4.69) is 11.0 Å². The Balaban J connectivity index is 2.46. The van der Waals surface area contributed by atoms with Crippen molar-refractivity contribution < 1.29 is 23.7 Å². The molecule has 0 aromatic heterocycles. The first kappa shape index (κ1) is 20.0. The maximum Gasteiger partial charge on any atom is 0.305 e. The lowest BCUT2D eigenvalue weighted by Crippen LogP contribution is -2.51. The standard InChI is InChI=1S/C19H26N2O5/c1-4-26-17-13-15(5-6-16(17)23-2)19(14-20,8-7-18(22)24-3)21-9-11-25-12-10-21/h5-6,13H,4,7-12H2,1-3H3. The number of morpholine rings is 1. The van der Waals surface area contributed by atoms with E-state index in [0.29, 0.717) is 50.8 Å². The van der Waals surface area contributed by atoms with Gasteiger partial charge >= 0.3 is 5.97 Å². The van der Waals surface area contributed by atoms with Crippen molar-refractivity contribution in [3.63, 3.8) is 0 Å². The predicted molar refractivity (Wildman–Crippen MR) is 95.1 cm³/mol. The molecule has 1 aliphatic rings. The Kier molecular flexibility index (Phi) is 7.25. The average molecular weight is 362 g/mol. The van der Waals surface area contributed by atoms with Gasteiger partial charge in [-0.25, -0.2) is 0 Å². The van der Waals surface area contributed by atoms with Crippen LogP contribution < -0.4 is 9.47 Å². The zero-order valence-electron chi connectivity index (χ0n) is 15.6. The van der Waals surface area contributed by atoms with Gasteiger partial charge < -0.3 is 18.9 Å². The number of esters is 1. The molecule has 0 N–H and O–H groups in total. The molecule has 7 nitrogen and oxygen atoms in total. The van der Waals surface area contributed by atoms with Gasteiger partial charge in [-0.15, -0.1) is 0 Å². The molecule has 0 bridgehead atoms. The second kappa shape index (κ2) is 9.41. The molecule has 142 valence electrons. The molecule has 1 atom stereocenters. The molecule has 1 fully saturated rings. The molecule has 1 aromatic rings. The second-order valence-electron chi connectivity index (χ2n) is 5.95. The summed E-state index contributed by atoms with van der Waals surface area (Å²) in [6, 6.07) is 7.94. The Morgan fingerprint density at radius 3 is 2.62 bits per heavy atom. The van der Waals surface area contributed by atoms with Gasteiger partial charge in [0.1, 0.15) is 5.54 Å². The van der Waals surface area contributed by atoms with Crippen LogP contribution in [0.1, 0.15) is 25.3 Å². The van der Waals surface area contributed by atoms with Gasteiger partial charge in [0.15, 0.2) is 11.5 Å². The molecule has 0 aliphatic carbocycles. The van der Waals surface area contributed by atoms with Gasteiger partial charge in [0.2, 0.25) is 0 Å². The molecule has 1 heterocycles. The van der Waals surface area contributed by atoms with E-state index in [4.69, 9.17) is 18.9 Å². The summed E-state index contributed by atoms with van der Waals surface area (Å²) < 4.78 is 21.2. The zero-order valence-corrected chi connectivity index (χ0v) is 15.6. The minimum atomic E-state index is -0.962. The molecule has 0 saturated carbocycles. The Morgan fingerprint density at radius 2 is 2.04 bits per heavy atom. The van der Waals surface area contributed by atoms with Crippen LogP contribution in [0.4, 0.5) is 0 Å². The number of hydrogen-bond acceptors (Lipinski definition) is 7. The van der Waals surface area contributed by atoms with Crippen molar-refractivity contribution in [2.75, 3.05) is 47.1 Å². The quantitative estimate of drug-likeness (QED) is 0.655. The third kappa shape index (κ3) is 4.26. The van der Waals surface area contributed by atoms with Gasteiger partial charge in [0, 0.05) is 19.5 Å². The normalized spacial score (nSPS) is 17.0. The summed E-state index contributed by atoms with van der Waals surface area (Å²) in [6.07, 6.45) is 0.478. The van der Waals surface area contributed by atoms with E-state index in [0.717, 1.165) is 5.56 Å². The summed E-state index contributed by atoms with van der Waals surface area (Å²) in [6.45, 7) is 4.71. The van der Waals surface area contributed by atoms with Crippen LogP contribution >= 0.6 is 0 Å². The first-order valence-corrected chi connectivity index (χ1v) is 8.73. The lowest BCUT2D eigenvalue weighted by Gasteiger charge is -2.41. The topological polar surface area (TPSA) is 81.0 Å². The minimum Gasteiger partial charge on any atom is -0.493 e. The Morgan fingerprint density at radius 1 is 1.31 bits per heavy atom. The first-order valence-electron chi connectivity index (χ1n) is 8.73. The van der Waals surface area contributed by atoms with Crippen molar-refractivity contribution in [2.24, 2.45) is 0 Å². The molecule has 1 unspecified atom stereocenters. The summed E-state index contributed by atoms with van der Waals surface area (Å²) in [5.41, 5.74) is -0.189. The van der Waals surface area contributed by atoms with E-state index >= 15 is 0 Å². The lowest BCUT2D eigenvalue weighted by molar-refractivity contribution is -0.141. The summed E-state index contributed by atoms with van der Waals surface area (Å²) in [5.74, 6) is 0.854. The van der Waals surface area contributed by atoms with Crippen molar-refractivity contribution in [3.05, 3.63) is 23.8 Å². The fraction of sp³-hybridized carbons (Fsp3) is 0.579. The van der Waals surface area contributed by atoms with Crippen LogP contribution in [0, 0.1) is 11.3 Å². The van der Waals surface area contributed by atoms with E-state index in [1.54, 1.807) is 13.2 Å². The Bertz CT molecular complexity index is 652. The van der Waals surface area contributed by atoms with E-state index < -0.39 is 5.54 Å². The number of carbonyl (C=O) groups excluding carboxylic acids is 1. The van der Waals surface area contributed by atoms with Crippen molar-refractivity contribution in [1.82, 2.24) is 4.90 Å². The summed E-state index contributed by atoms with van der Waals surface area (Å²) in [5, 5.41) is 10.2. The first-order chi connectivity index (χ1) is 12.6. The van der Waals surface area contributed by atoms with Gasteiger partial charge in [0.25, 0.3) is 0 Å². The van der Waals surface area contributed by atoms with Crippen molar-refractivity contribution in [2.45, 2.75) is 25.3 Å². The smallest absolute Gasteiger partial charge is 0.305 e. The number of carbonyl (C=O) groups is 1. The fourth-order valence-corrected chi connectivity index (χ4v) is 3.21. The lowest BCUT2D eigenvalue weighted by atomic mass is 9.84. The van der Waals surface area contributed by atoms with Crippen LogP contribution in [0.3, 0.4) is 0 Å². The fourth-order valence-electron chi connectivity index (χ4n) is 3.21. The predicted octanol–water partition coefficient (Wildman–Crippen LogP) is 2.10. The van der Waals surface area contributed by atoms with E-state index in [1.165, 1.54) is 7.11 Å². The van der Waals surface area contributed by atoms with Crippen molar-refractivity contribution in [1.29, 1.82) is 5.26 Å². The van der Waals surface area contributed by atoms with Gasteiger partial charge in [-0.3, -0.25) is 9.69 Å². The molecule has 1 aliphatic heterocycles. The highest BCUT2D eigenvalue weighted by Gasteiger charge is 2.40. The summed E-state index contributed by atoms with van der Waals surface area (Å²) in [4.78, 5) is 13.8. The average Bonchev–Trinajstić information content (AvgIpc) is 2.70. The van der Waals surface area contributed by atoms with Crippen LogP contribution in [-0.4, -0.2) is 58.0 Å². The summed E-state index contributed by atoms with van der Waals surface area (Å²) in [7, 11) is 2.93. The number of rotatable bonds is 8. The number of benzene rings is 1. The van der Waals surface area contributed by atoms with Crippen LogP contribution in [0.15, 0.2) is 18.2 Å². The molecular weight excluding hydrogens is 336 g/mol. The highest BCUT2D eigenvalue weighted by Crippen LogP contribution is 2.38. The number of hydrogen-bond donors (Lipinski definition) is 0. The highest BCUT2D eigenvalue weighted by atomic mass is 16.5. The Labute approximate surface area is 154 Å². The van der Waals surface area contributed by atoms with Gasteiger partial charge in [-0.1, -0.05) is 6.07 Å².